The van der Waals surface area contributed by atoms with Gasteiger partial charge in [-0.1, -0.05) is 18.2 Å². The van der Waals surface area contributed by atoms with Crippen LogP contribution in [0.2, 0.25) is 0 Å². The SMILES string of the molecule is CC(=O)N1N=C(c2ccco2)C[C@H]1c1ccccc1F. The van der Waals surface area contributed by atoms with Gasteiger partial charge in [-0.25, -0.2) is 9.40 Å². The van der Waals surface area contributed by atoms with E-state index in [2.05, 4.69) is 5.10 Å². The Balaban J connectivity index is 1.98. The van der Waals surface area contributed by atoms with E-state index >= 15 is 0 Å². The molecule has 1 aliphatic rings. The predicted octanol–water partition coefficient (Wildman–Crippen LogP) is 3.12. The molecule has 3 rings (SSSR count). The molecule has 1 atom stereocenters. The molecular formula is C15H13FN2O2. The molecule has 4 nitrogen and oxygen atoms in total. The van der Waals surface area contributed by atoms with Crippen LogP contribution in [0.4, 0.5) is 4.39 Å². The summed E-state index contributed by atoms with van der Waals surface area (Å²) in [6.07, 6.45) is 1.99. The first-order chi connectivity index (χ1) is 9.66. The zero-order valence-corrected chi connectivity index (χ0v) is 10.9. The molecule has 1 aliphatic heterocycles. The second-order valence-electron chi connectivity index (χ2n) is 4.63. The lowest BCUT2D eigenvalue weighted by molar-refractivity contribution is -0.130. The van der Waals surface area contributed by atoms with Gasteiger partial charge in [-0.3, -0.25) is 4.79 Å². The lowest BCUT2D eigenvalue weighted by Gasteiger charge is -2.20. The summed E-state index contributed by atoms with van der Waals surface area (Å²) in [5.74, 6) is 0.0505. The van der Waals surface area contributed by atoms with E-state index in [1.54, 1.807) is 36.6 Å². The maximum absolute atomic E-state index is 13.9. The molecule has 0 N–H and O–H groups in total. The third-order valence-corrected chi connectivity index (χ3v) is 3.30. The van der Waals surface area contributed by atoms with Crippen molar-refractivity contribution in [3.05, 3.63) is 59.8 Å². The van der Waals surface area contributed by atoms with Crippen LogP contribution >= 0.6 is 0 Å². The summed E-state index contributed by atoms with van der Waals surface area (Å²) < 4.78 is 19.2. The Bertz CT molecular complexity index is 664. The lowest BCUT2D eigenvalue weighted by Crippen LogP contribution is -2.25. The van der Waals surface area contributed by atoms with Gasteiger partial charge in [0.1, 0.15) is 17.3 Å². The van der Waals surface area contributed by atoms with Crippen molar-refractivity contribution in [2.75, 3.05) is 0 Å². The van der Waals surface area contributed by atoms with Crippen LogP contribution < -0.4 is 0 Å². The zero-order valence-electron chi connectivity index (χ0n) is 10.9. The third-order valence-electron chi connectivity index (χ3n) is 3.30. The van der Waals surface area contributed by atoms with Gasteiger partial charge in [-0.05, 0) is 18.2 Å². The van der Waals surface area contributed by atoms with E-state index in [0.29, 0.717) is 23.5 Å². The van der Waals surface area contributed by atoms with E-state index in [-0.39, 0.29) is 11.7 Å². The van der Waals surface area contributed by atoms with Crippen molar-refractivity contribution >= 4 is 11.6 Å². The molecule has 102 valence electrons. The standard InChI is InChI=1S/C15H13FN2O2/c1-10(19)18-14(11-5-2-3-6-12(11)16)9-13(17-18)15-7-4-8-20-15/h2-8,14H,9H2,1H3/t14-/m0/s1. The highest BCUT2D eigenvalue weighted by Crippen LogP contribution is 2.33. The largest absolute Gasteiger partial charge is 0.463 e. The number of hydrazone groups is 1. The Labute approximate surface area is 115 Å². The number of nitrogens with zero attached hydrogens (tertiary/aromatic N) is 2. The van der Waals surface area contributed by atoms with Crippen molar-refractivity contribution < 1.29 is 13.6 Å². The van der Waals surface area contributed by atoms with Gasteiger partial charge in [0.05, 0.1) is 12.3 Å². The van der Waals surface area contributed by atoms with Crippen molar-refractivity contribution in [2.45, 2.75) is 19.4 Å². The average molecular weight is 272 g/mol. The number of hydrogen-bond donors (Lipinski definition) is 0. The molecule has 1 amide bonds. The second-order valence-corrected chi connectivity index (χ2v) is 4.63. The number of furan rings is 1. The molecule has 2 heterocycles. The van der Waals surface area contributed by atoms with Crippen LogP contribution in [0.15, 0.2) is 52.2 Å². The first kappa shape index (κ1) is 12.6. The molecule has 0 bridgehead atoms. The highest BCUT2D eigenvalue weighted by atomic mass is 19.1. The average Bonchev–Trinajstić information content (AvgIpc) is 3.08. The number of halogens is 1. The minimum absolute atomic E-state index is 0.222. The van der Waals surface area contributed by atoms with E-state index in [1.165, 1.54) is 18.0 Å². The molecule has 0 saturated heterocycles. The van der Waals surface area contributed by atoms with Crippen molar-refractivity contribution in [3.63, 3.8) is 0 Å². The number of amides is 1. The summed E-state index contributed by atoms with van der Waals surface area (Å²) in [6.45, 7) is 1.42. The van der Waals surface area contributed by atoms with Crippen molar-refractivity contribution in [2.24, 2.45) is 5.10 Å². The highest BCUT2D eigenvalue weighted by molar-refractivity contribution is 6.00. The van der Waals surface area contributed by atoms with Gasteiger partial charge in [0.2, 0.25) is 5.91 Å². The topological polar surface area (TPSA) is 45.8 Å². The van der Waals surface area contributed by atoms with Crippen molar-refractivity contribution in [3.8, 4) is 0 Å². The number of rotatable bonds is 2. The molecule has 1 aromatic heterocycles. The Hall–Kier alpha value is -2.43. The fourth-order valence-corrected chi connectivity index (χ4v) is 2.38. The Morgan fingerprint density at radius 2 is 2.15 bits per heavy atom. The van der Waals surface area contributed by atoms with Gasteiger partial charge in [-0.2, -0.15) is 5.10 Å². The Kier molecular flexibility index (Phi) is 3.10. The van der Waals surface area contributed by atoms with E-state index in [1.807, 2.05) is 0 Å². The van der Waals surface area contributed by atoms with Crippen molar-refractivity contribution in [1.82, 2.24) is 5.01 Å². The number of hydrogen-bond acceptors (Lipinski definition) is 3. The van der Waals surface area contributed by atoms with Crippen LogP contribution in [0.25, 0.3) is 0 Å². The maximum Gasteiger partial charge on any atom is 0.240 e. The van der Waals surface area contributed by atoms with Gasteiger partial charge in [0, 0.05) is 18.9 Å². The smallest absolute Gasteiger partial charge is 0.240 e. The summed E-state index contributed by atoms with van der Waals surface area (Å²) in [5, 5.41) is 5.58. The molecule has 5 heteroatoms. The quantitative estimate of drug-likeness (QED) is 0.843. The second kappa shape index (κ2) is 4.92. The minimum atomic E-state index is -0.422. The Morgan fingerprint density at radius 1 is 1.35 bits per heavy atom. The van der Waals surface area contributed by atoms with E-state index in [0.717, 1.165) is 0 Å². The molecule has 0 radical (unpaired) electrons. The van der Waals surface area contributed by atoms with Gasteiger partial charge in [0.25, 0.3) is 0 Å². The van der Waals surface area contributed by atoms with Crippen LogP contribution in [0.5, 0.6) is 0 Å². The monoisotopic (exact) mass is 272 g/mol. The summed E-state index contributed by atoms with van der Waals surface area (Å²) in [5.41, 5.74) is 1.12. The molecule has 20 heavy (non-hydrogen) atoms. The molecule has 0 fully saturated rings. The van der Waals surface area contributed by atoms with Gasteiger partial charge in [0.15, 0.2) is 0 Å². The fourth-order valence-electron chi connectivity index (χ4n) is 2.38. The summed E-state index contributed by atoms with van der Waals surface area (Å²) in [6, 6.07) is 9.55. The molecular weight excluding hydrogens is 259 g/mol. The molecule has 2 aromatic rings. The van der Waals surface area contributed by atoms with Crippen LogP contribution in [0.3, 0.4) is 0 Å². The zero-order chi connectivity index (χ0) is 14.1. The third kappa shape index (κ3) is 2.11. The van der Waals surface area contributed by atoms with Crippen LogP contribution in [0, 0.1) is 5.82 Å². The van der Waals surface area contributed by atoms with Gasteiger partial charge < -0.3 is 4.42 Å². The number of carbonyl (C=O) groups excluding carboxylic acids is 1. The summed E-state index contributed by atoms with van der Waals surface area (Å²) in [7, 11) is 0. The van der Waals surface area contributed by atoms with Crippen molar-refractivity contribution in [1.29, 1.82) is 0 Å². The Morgan fingerprint density at radius 3 is 2.80 bits per heavy atom. The lowest BCUT2D eigenvalue weighted by atomic mass is 10.0. The molecule has 1 aromatic carbocycles. The van der Waals surface area contributed by atoms with E-state index in [4.69, 9.17) is 4.42 Å². The number of carbonyl (C=O) groups is 1. The maximum atomic E-state index is 13.9. The summed E-state index contributed by atoms with van der Waals surface area (Å²) >= 11 is 0. The van der Waals surface area contributed by atoms with E-state index in [9.17, 15) is 9.18 Å². The van der Waals surface area contributed by atoms with Crippen LogP contribution in [0.1, 0.15) is 30.7 Å². The summed E-state index contributed by atoms with van der Waals surface area (Å²) in [4.78, 5) is 11.7. The molecule has 0 aliphatic carbocycles. The fraction of sp³-hybridized carbons (Fsp3) is 0.200. The molecule has 0 saturated carbocycles. The van der Waals surface area contributed by atoms with E-state index < -0.39 is 6.04 Å². The normalized spacial score (nSPS) is 18.2. The molecule has 0 spiro atoms. The first-order valence-electron chi connectivity index (χ1n) is 6.32. The first-order valence-corrected chi connectivity index (χ1v) is 6.32. The van der Waals surface area contributed by atoms with Gasteiger partial charge >= 0.3 is 0 Å². The predicted molar refractivity (Wildman–Crippen MR) is 71.5 cm³/mol. The van der Waals surface area contributed by atoms with Crippen LogP contribution in [-0.2, 0) is 4.79 Å². The van der Waals surface area contributed by atoms with Crippen LogP contribution in [-0.4, -0.2) is 16.6 Å². The minimum Gasteiger partial charge on any atom is -0.463 e. The van der Waals surface area contributed by atoms with Gasteiger partial charge in [-0.15, -0.1) is 0 Å². The highest BCUT2D eigenvalue weighted by Gasteiger charge is 2.33. The number of benzene rings is 1. The molecule has 0 unspecified atom stereocenters.